The zero-order chi connectivity index (χ0) is 14.1. The third-order valence-corrected chi connectivity index (χ3v) is 4.45. The highest BCUT2D eigenvalue weighted by Crippen LogP contribution is 2.38. The molecule has 3 unspecified atom stereocenters. The second-order valence-corrected chi connectivity index (χ2v) is 5.84. The van der Waals surface area contributed by atoms with E-state index in [1.807, 2.05) is 36.1 Å². The Morgan fingerprint density at radius 2 is 2.25 bits per heavy atom. The number of likely N-dealkylation sites (tertiary alicyclic amines) is 1. The van der Waals surface area contributed by atoms with Crippen molar-refractivity contribution in [2.45, 2.75) is 31.8 Å². The number of para-hydroxylation sites is 1. The monoisotopic (exact) mass is 275 g/mol. The van der Waals surface area contributed by atoms with Crippen LogP contribution in [0.5, 0.6) is 5.75 Å². The van der Waals surface area contributed by atoms with Crippen LogP contribution in [0.3, 0.4) is 0 Å². The van der Waals surface area contributed by atoms with Crippen LogP contribution in [0.2, 0.25) is 0 Å². The Morgan fingerprint density at radius 3 is 3.00 bits per heavy atom. The predicted molar refractivity (Wildman–Crippen MR) is 75.7 cm³/mol. The molecule has 2 aliphatic rings. The molecule has 3 rings (SSSR count). The number of aliphatic hydroxyl groups excluding tert-OH is 1. The lowest BCUT2D eigenvalue weighted by molar-refractivity contribution is -0.140. The maximum Gasteiger partial charge on any atom is 0.264 e. The van der Waals surface area contributed by atoms with Crippen molar-refractivity contribution in [2.75, 3.05) is 19.7 Å². The fraction of sp³-hybridized carbons (Fsp3) is 0.562. The Kier molecular flexibility index (Phi) is 3.66. The summed E-state index contributed by atoms with van der Waals surface area (Å²) in [6.07, 6.45) is 1.55. The van der Waals surface area contributed by atoms with Crippen molar-refractivity contribution in [1.29, 1.82) is 0 Å². The lowest BCUT2D eigenvalue weighted by Gasteiger charge is -2.34. The van der Waals surface area contributed by atoms with Crippen molar-refractivity contribution >= 4 is 5.91 Å². The third kappa shape index (κ3) is 2.29. The van der Waals surface area contributed by atoms with E-state index in [0.29, 0.717) is 6.54 Å². The van der Waals surface area contributed by atoms with Crippen LogP contribution < -0.4 is 4.74 Å². The predicted octanol–water partition coefficient (Wildman–Crippen LogP) is 1.78. The van der Waals surface area contributed by atoms with Gasteiger partial charge < -0.3 is 14.7 Å². The molecule has 0 saturated carbocycles. The molecule has 0 bridgehead atoms. The van der Waals surface area contributed by atoms with Crippen molar-refractivity contribution in [3.8, 4) is 5.75 Å². The number of hydrogen-bond acceptors (Lipinski definition) is 3. The van der Waals surface area contributed by atoms with Crippen LogP contribution in [0.25, 0.3) is 0 Å². The first kappa shape index (κ1) is 13.4. The quantitative estimate of drug-likeness (QED) is 0.895. The zero-order valence-corrected chi connectivity index (χ0v) is 11.8. The van der Waals surface area contributed by atoms with Gasteiger partial charge in [0.15, 0.2) is 6.10 Å². The number of piperidine rings is 1. The molecular weight excluding hydrogens is 254 g/mol. The molecule has 1 fully saturated rings. The summed E-state index contributed by atoms with van der Waals surface area (Å²) in [4.78, 5) is 14.5. The summed E-state index contributed by atoms with van der Waals surface area (Å²) in [5.41, 5.74) is 1.11. The summed E-state index contributed by atoms with van der Waals surface area (Å²) in [7, 11) is 0. The maximum absolute atomic E-state index is 12.7. The van der Waals surface area contributed by atoms with Gasteiger partial charge in [-0.15, -0.1) is 0 Å². The molecule has 4 nitrogen and oxygen atoms in total. The largest absolute Gasteiger partial charge is 0.480 e. The van der Waals surface area contributed by atoms with Gasteiger partial charge in [-0.05, 0) is 24.8 Å². The van der Waals surface area contributed by atoms with Crippen LogP contribution >= 0.6 is 0 Å². The first-order chi connectivity index (χ1) is 9.70. The molecule has 1 saturated heterocycles. The minimum absolute atomic E-state index is 0.0619. The van der Waals surface area contributed by atoms with Crippen molar-refractivity contribution in [3.63, 3.8) is 0 Å². The second-order valence-electron chi connectivity index (χ2n) is 5.84. The number of fused-ring (bicyclic) bond motifs is 1. The van der Waals surface area contributed by atoms with E-state index in [0.717, 1.165) is 30.7 Å². The topological polar surface area (TPSA) is 49.8 Å². The van der Waals surface area contributed by atoms with Crippen LogP contribution in [-0.2, 0) is 4.79 Å². The zero-order valence-electron chi connectivity index (χ0n) is 11.8. The van der Waals surface area contributed by atoms with E-state index in [1.165, 1.54) is 0 Å². The highest BCUT2D eigenvalue weighted by atomic mass is 16.5. The molecule has 1 amide bonds. The molecule has 2 aliphatic heterocycles. The number of hydrogen-bond donors (Lipinski definition) is 1. The summed E-state index contributed by atoms with van der Waals surface area (Å²) in [6, 6.07) is 7.86. The van der Waals surface area contributed by atoms with Gasteiger partial charge in [0.1, 0.15) is 5.75 Å². The number of nitrogens with zero attached hydrogens (tertiary/aromatic N) is 1. The number of rotatable bonds is 2. The number of benzene rings is 1. The van der Waals surface area contributed by atoms with Gasteiger partial charge in [0.25, 0.3) is 5.91 Å². The maximum atomic E-state index is 12.7. The van der Waals surface area contributed by atoms with Crippen LogP contribution in [-0.4, -0.2) is 41.7 Å². The van der Waals surface area contributed by atoms with Gasteiger partial charge in [-0.25, -0.2) is 0 Å². The number of amides is 1. The lowest BCUT2D eigenvalue weighted by Crippen LogP contribution is -2.47. The van der Waals surface area contributed by atoms with E-state index in [2.05, 4.69) is 0 Å². The summed E-state index contributed by atoms with van der Waals surface area (Å²) < 4.78 is 5.85. The molecule has 0 spiro atoms. The van der Waals surface area contributed by atoms with Gasteiger partial charge in [0.2, 0.25) is 0 Å². The number of carbonyl (C=O) groups excluding carboxylic acids is 1. The standard InChI is InChI=1S/C16H21NO3/c1-11-13-6-2-3-7-14(13)20-15(11)16(19)17-8-4-5-12(9-17)10-18/h2-3,6-7,11-12,15,18H,4-5,8-10H2,1H3. The summed E-state index contributed by atoms with van der Waals surface area (Å²) in [5, 5.41) is 9.28. The Morgan fingerprint density at radius 1 is 1.45 bits per heavy atom. The Hall–Kier alpha value is -1.55. The Labute approximate surface area is 119 Å². The van der Waals surface area contributed by atoms with Gasteiger partial charge >= 0.3 is 0 Å². The molecule has 3 atom stereocenters. The SMILES string of the molecule is CC1c2ccccc2OC1C(=O)N1CCCC(CO)C1. The van der Waals surface area contributed by atoms with E-state index >= 15 is 0 Å². The average Bonchev–Trinajstić information content (AvgIpc) is 2.84. The summed E-state index contributed by atoms with van der Waals surface area (Å²) >= 11 is 0. The molecule has 20 heavy (non-hydrogen) atoms. The van der Waals surface area contributed by atoms with Gasteiger partial charge in [0, 0.05) is 31.2 Å². The molecular formula is C16H21NO3. The minimum atomic E-state index is -0.412. The van der Waals surface area contributed by atoms with Gasteiger partial charge in [-0.3, -0.25) is 4.79 Å². The fourth-order valence-corrected chi connectivity index (χ4v) is 3.22. The van der Waals surface area contributed by atoms with Crippen molar-refractivity contribution < 1.29 is 14.6 Å². The molecule has 2 heterocycles. The van der Waals surface area contributed by atoms with Gasteiger partial charge in [-0.1, -0.05) is 25.1 Å². The highest BCUT2D eigenvalue weighted by Gasteiger charge is 2.39. The highest BCUT2D eigenvalue weighted by molar-refractivity contribution is 5.83. The smallest absolute Gasteiger partial charge is 0.264 e. The first-order valence-electron chi connectivity index (χ1n) is 7.36. The molecule has 0 aromatic heterocycles. The number of aliphatic hydroxyl groups is 1. The van der Waals surface area contributed by atoms with Crippen LogP contribution in [0, 0.1) is 5.92 Å². The number of ether oxygens (including phenoxy) is 1. The summed E-state index contributed by atoms with van der Waals surface area (Å²) in [5.74, 6) is 1.20. The number of carbonyl (C=O) groups is 1. The van der Waals surface area contributed by atoms with E-state index in [9.17, 15) is 9.90 Å². The van der Waals surface area contributed by atoms with E-state index in [-0.39, 0.29) is 24.3 Å². The van der Waals surface area contributed by atoms with Gasteiger partial charge in [0.05, 0.1) is 0 Å². The normalized spacial score (nSPS) is 28.9. The van der Waals surface area contributed by atoms with E-state index in [4.69, 9.17) is 4.74 Å². The van der Waals surface area contributed by atoms with Gasteiger partial charge in [-0.2, -0.15) is 0 Å². The Balaban J connectivity index is 1.73. The lowest BCUT2D eigenvalue weighted by atomic mass is 9.94. The summed E-state index contributed by atoms with van der Waals surface area (Å²) in [6.45, 7) is 3.63. The van der Waals surface area contributed by atoms with Crippen LogP contribution in [0.4, 0.5) is 0 Å². The average molecular weight is 275 g/mol. The van der Waals surface area contributed by atoms with Crippen molar-refractivity contribution in [1.82, 2.24) is 4.90 Å². The van der Waals surface area contributed by atoms with E-state index < -0.39 is 6.10 Å². The molecule has 108 valence electrons. The molecule has 1 N–H and O–H groups in total. The van der Waals surface area contributed by atoms with Crippen LogP contribution in [0.15, 0.2) is 24.3 Å². The molecule has 1 aromatic rings. The first-order valence-corrected chi connectivity index (χ1v) is 7.36. The van der Waals surface area contributed by atoms with Crippen LogP contribution in [0.1, 0.15) is 31.2 Å². The van der Waals surface area contributed by atoms with Crippen molar-refractivity contribution in [3.05, 3.63) is 29.8 Å². The third-order valence-electron chi connectivity index (χ3n) is 4.45. The second kappa shape index (κ2) is 5.44. The fourth-order valence-electron chi connectivity index (χ4n) is 3.22. The van der Waals surface area contributed by atoms with E-state index in [1.54, 1.807) is 0 Å². The Bertz CT molecular complexity index is 502. The molecule has 4 heteroatoms. The minimum Gasteiger partial charge on any atom is -0.480 e. The molecule has 0 radical (unpaired) electrons. The van der Waals surface area contributed by atoms with Crippen molar-refractivity contribution in [2.24, 2.45) is 5.92 Å². The molecule has 0 aliphatic carbocycles. The molecule has 1 aromatic carbocycles.